The Bertz CT molecular complexity index is 1390. The Morgan fingerprint density at radius 2 is 1.62 bits per heavy atom. The van der Waals surface area contributed by atoms with E-state index in [1.165, 1.54) is 0 Å². The number of nitrogens with one attached hydrogen (secondary N) is 1. The standard InChI is InChI=1S/C24H21Cl2N3O3/c1-14-21-20(23(31)29(11-2-12-30)24(32)28-21)19(13-15-3-7-17(25)8-4-15)22(27-14)16-5-9-18(26)10-6-16/h3-10,30H,2,11-13H2,1H3,(H,28,32). The summed E-state index contributed by atoms with van der Waals surface area (Å²) in [4.78, 5) is 33.7. The SMILES string of the molecule is Cc1nc(-c2ccc(Cl)cc2)c(Cc2ccc(Cl)cc2)c2c(=O)n(CCCO)c(=O)[nH]c12. The van der Waals surface area contributed by atoms with Crippen molar-refractivity contribution in [1.29, 1.82) is 0 Å². The molecule has 2 heterocycles. The van der Waals surface area contributed by atoms with Gasteiger partial charge in [-0.05, 0) is 48.7 Å². The molecular weight excluding hydrogens is 449 g/mol. The third-order valence-corrected chi connectivity index (χ3v) is 5.87. The number of halogens is 2. The van der Waals surface area contributed by atoms with Gasteiger partial charge in [-0.3, -0.25) is 14.3 Å². The fraction of sp³-hybridized carbons (Fsp3) is 0.208. The van der Waals surface area contributed by atoms with Gasteiger partial charge >= 0.3 is 5.69 Å². The fourth-order valence-corrected chi connectivity index (χ4v) is 4.04. The lowest BCUT2D eigenvalue weighted by molar-refractivity contribution is 0.278. The van der Waals surface area contributed by atoms with Crippen LogP contribution in [0.25, 0.3) is 22.2 Å². The van der Waals surface area contributed by atoms with E-state index in [0.717, 1.165) is 15.7 Å². The normalized spacial score (nSPS) is 11.2. The monoisotopic (exact) mass is 469 g/mol. The number of nitrogens with zero attached hydrogens (tertiary/aromatic N) is 2. The molecule has 2 N–H and O–H groups in total. The Balaban J connectivity index is 2.05. The molecule has 0 saturated carbocycles. The van der Waals surface area contributed by atoms with Gasteiger partial charge in [-0.25, -0.2) is 4.79 Å². The van der Waals surface area contributed by atoms with Crippen molar-refractivity contribution in [2.75, 3.05) is 6.61 Å². The predicted molar refractivity (Wildman–Crippen MR) is 128 cm³/mol. The number of hydrogen-bond donors (Lipinski definition) is 2. The van der Waals surface area contributed by atoms with Gasteiger partial charge in [-0.2, -0.15) is 0 Å². The van der Waals surface area contributed by atoms with E-state index in [0.29, 0.717) is 50.7 Å². The topological polar surface area (TPSA) is 88.0 Å². The molecule has 6 nitrogen and oxygen atoms in total. The van der Waals surface area contributed by atoms with E-state index in [1.54, 1.807) is 31.2 Å². The second-order valence-corrected chi connectivity index (χ2v) is 8.42. The summed E-state index contributed by atoms with van der Waals surface area (Å²) in [7, 11) is 0. The van der Waals surface area contributed by atoms with Crippen LogP contribution in [0, 0.1) is 6.92 Å². The summed E-state index contributed by atoms with van der Waals surface area (Å²) in [6, 6.07) is 14.7. The van der Waals surface area contributed by atoms with Crippen LogP contribution in [0.15, 0.2) is 58.1 Å². The Morgan fingerprint density at radius 1 is 1.00 bits per heavy atom. The smallest absolute Gasteiger partial charge is 0.328 e. The minimum absolute atomic E-state index is 0.118. The summed E-state index contributed by atoms with van der Waals surface area (Å²) in [5.74, 6) is 0. The van der Waals surface area contributed by atoms with Crippen molar-refractivity contribution in [2.45, 2.75) is 26.3 Å². The largest absolute Gasteiger partial charge is 0.396 e. The molecule has 0 amide bonds. The maximum absolute atomic E-state index is 13.5. The van der Waals surface area contributed by atoms with Crippen LogP contribution in [0.1, 0.15) is 23.2 Å². The van der Waals surface area contributed by atoms with Crippen LogP contribution < -0.4 is 11.2 Å². The van der Waals surface area contributed by atoms with Gasteiger partial charge in [0.1, 0.15) is 0 Å². The molecule has 0 fully saturated rings. The average molecular weight is 470 g/mol. The highest BCUT2D eigenvalue weighted by Gasteiger charge is 2.20. The fourth-order valence-electron chi connectivity index (χ4n) is 3.79. The summed E-state index contributed by atoms with van der Waals surface area (Å²) in [6.45, 7) is 1.77. The molecule has 0 aliphatic rings. The first kappa shape index (κ1) is 22.3. The number of H-pyrrole nitrogens is 1. The molecule has 0 saturated heterocycles. The number of hydrogen-bond acceptors (Lipinski definition) is 4. The summed E-state index contributed by atoms with van der Waals surface area (Å²) >= 11 is 12.1. The van der Waals surface area contributed by atoms with Crippen LogP contribution in [0.2, 0.25) is 10.0 Å². The van der Waals surface area contributed by atoms with Crippen molar-refractivity contribution < 1.29 is 5.11 Å². The minimum atomic E-state index is -0.516. The van der Waals surface area contributed by atoms with Crippen molar-refractivity contribution in [3.8, 4) is 11.3 Å². The number of fused-ring (bicyclic) bond motifs is 1. The van der Waals surface area contributed by atoms with Crippen molar-refractivity contribution in [1.82, 2.24) is 14.5 Å². The maximum Gasteiger partial charge on any atom is 0.328 e. The van der Waals surface area contributed by atoms with Gasteiger partial charge in [0.05, 0.1) is 22.3 Å². The van der Waals surface area contributed by atoms with Crippen molar-refractivity contribution >= 4 is 34.1 Å². The molecule has 2 aromatic carbocycles. The molecule has 164 valence electrons. The molecule has 32 heavy (non-hydrogen) atoms. The molecule has 0 aliphatic heterocycles. The molecule has 2 aromatic heterocycles. The van der Waals surface area contributed by atoms with Gasteiger partial charge in [0, 0.05) is 35.2 Å². The number of aromatic amines is 1. The molecule has 0 radical (unpaired) electrons. The molecular formula is C24H21Cl2N3O3. The zero-order valence-corrected chi connectivity index (χ0v) is 18.9. The van der Waals surface area contributed by atoms with Crippen molar-refractivity contribution in [2.24, 2.45) is 0 Å². The number of aryl methyl sites for hydroxylation is 1. The van der Waals surface area contributed by atoms with Gasteiger partial charge in [0.2, 0.25) is 0 Å². The van der Waals surface area contributed by atoms with Crippen LogP contribution in [0.5, 0.6) is 0 Å². The van der Waals surface area contributed by atoms with Gasteiger partial charge in [-0.15, -0.1) is 0 Å². The summed E-state index contributed by atoms with van der Waals surface area (Å²) in [5.41, 5.74) is 3.17. The second kappa shape index (κ2) is 9.28. The number of aliphatic hydroxyl groups is 1. The van der Waals surface area contributed by atoms with Gasteiger partial charge in [0.25, 0.3) is 5.56 Å². The van der Waals surface area contributed by atoms with E-state index in [-0.39, 0.29) is 13.2 Å². The van der Waals surface area contributed by atoms with E-state index in [9.17, 15) is 14.7 Å². The molecule has 8 heteroatoms. The molecule has 0 aliphatic carbocycles. The Morgan fingerprint density at radius 3 is 2.25 bits per heavy atom. The Kier molecular flexibility index (Phi) is 6.46. The molecule has 0 unspecified atom stereocenters. The van der Waals surface area contributed by atoms with Gasteiger partial charge < -0.3 is 10.1 Å². The lowest BCUT2D eigenvalue weighted by Crippen LogP contribution is -2.36. The van der Waals surface area contributed by atoms with Gasteiger partial charge in [0.15, 0.2) is 0 Å². The Labute approximate surface area is 194 Å². The summed E-state index contributed by atoms with van der Waals surface area (Å²) < 4.78 is 1.13. The first-order valence-corrected chi connectivity index (χ1v) is 10.9. The van der Waals surface area contributed by atoms with Crippen LogP contribution in [0.4, 0.5) is 0 Å². The first-order chi connectivity index (χ1) is 15.4. The quantitative estimate of drug-likeness (QED) is 0.439. The number of benzene rings is 2. The summed E-state index contributed by atoms with van der Waals surface area (Å²) in [5, 5.41) is 10.8. The zero-order chi connectivity index (χ0) is 22.8. The molecule has 0 spiro atoms. The lowest BCUT2D eigenvalue weighted by Gasteiger charge is -2.16. The number of aromatic nitrogens is 3. The summed E-state index contributed by atoms with van der Waals surface area (Å²) in [6.07, 6.45) is 0.718. The third kappa shape index (κ3) is 4.35. The van der Waals surface area contributed by atoms with E-state index in [2.05, 4.69) is 4.98 Å². The van der Waals surface area contributed by atoms with E-state index < -0.39 is 11.2 Å². The lowest BCUT2D eigenvalue weighted by atomic mass is 9.95. The highest BCUT2D eigenvalue weighted by molar-refractivity contribution is 6.30. The molecule has 0 bridgehead atoms. The van der Waals surface area contributed by atoms with Gasteiger partial charge in [-0.1, -0.05) is 47.5 Å². The zero-order valence-electron chi connectivity index (χ0n) is 17.4. The predicted octanol–water partition coefficient (Wildman–Crippen LogP) is 4.34. The van der Waals surface area contributed by atoms with Crippen LogP contribution in [0.3, 0.4) is 0 Å². The first-order valence-electron chi connectivity index (χ1n) is 10.2. The van der Waals surface area contributed by atoms with E-state index >= 15 is 0 Å². The third-order valence-electron chi connectivity index (χ3n) is 5.37. The van der Waals surface area contributed by atoms with Crippen LogP contribution in [-0.2, 0) is 13.0 Å². The average Bonchev–Trinajstić information content (AvgIpc) is 2.77. The van der Waals surface area contributed by atoms with Crippen LogP contribution >= 0.6 is 23.2 Å². The highest BCUT2D eigenvalue weighted by Crippen LogP contribution is 2.30. The number of aliphatic hydroxyl groups excluding tert-OH is 1. The minimum Gasteiger partial charge on any atom is -0.396 e. The highest BCUT2D eigenvalue weighted by atomic mass is 35.5. The Hall–Kier alpha value is -2.93. The molecule has 0 atom stereocenters. The second-order valence-electron chi connectivity index (χ2n) is 7.55. The van der Waals surface area contributed by atoms with Crippen molar-refractivity contribution in [3.05, 3.63) is 96.2 Å². The number of rotatable bonds is 6. The number of pyridine rings is 1. The van der Waals surface area contributed by atoms with Crippen molar-refractivity contribution in [3.63, 3.8) is 0 Å². The van der Waals surface area contributed by atoms with E-state index in [1.807, 2.05) is 24.3 Å². The molecule has 4 rings (SSSR count). The molecule has 4 aromatic rings. The van der Waals surface area contributed by atoms with Crippen LogP contribution in [-0.4, -0.2) is 26.2 Å². The van der Waals surface area contributed by atoms with E-state index in [4.69, 9.17) is 28.2 Å². The maximum atomic E-state index is 13.5.